The summed E-state index contributed by atoms with van der Waals surface area (Å²) in [6.45, 7) is 9.84. The molecule has 0 aliphatic heterocycles. The summed E-state index contributed by atoms with van der Waals surface area (Å²) in [6.07, 6.45) is 2.68. The van der Waals surface area contributed by atoms with Crippen molar-refractivity contribution in [3.63, 3.8) is 0 Å². The first-order valence-corrected chi connectivity index (χ1v) is 9.23. The quantitative estimate of drug-likeness (QED) is 0.723. The molecule has 0 aromatic heterocycles. The third-order valence-electron chi connectivity index (χ3n) is 4.41. The van der Waals surface area contributed by atoms with Crippen molar-refractivity contribution in [2.45, 2.75) is 53.0 Å². The minimum atomic E-state index is -0.0109. The van der Waals surface area contributed by atoms with Gasteiger partial charge in [-0.1, -0.05) is 26.0 Å². The van der Waals surface area contributed by atoms with Crippen molar-refractivity contribution in [2.75, 3.05) is 25.0 Å². The molecule has 5 nitrogen and oxygen atoms in total. The Bertz CT molecular complexity index is 609. The van der Waals surface area contributed by atoms with Crippen LogP contribution in [0.25, 0.3) is 0 Å². The maximum absolute atomic E-state index is 12.4. The van der Waals surface area contributed by atoms with E-state index >= 15 is 0 Å². The Morgan fingerprint density at radius 2 is 1.92 bits per heavy atom. The molecule has 25 heavy (non-hydrogen) atoms. The predicted octanol–water partition coefficient (Wildman–Crippen LogP) is 2.87. The number of hydrogen-bond donors (Lipinski definition) is 2. The SMILES string of the molecule is Cc1ccc(C)c(NC(=O)CN(CCC(=O)NCC(C)C)C2CC2)c1. The minimum absolute atomic E-state index is 0.0109. The van der Waals surface area contributed by atoms with Crippen LogP contribution in [0.1, 0.15) is 44.2 Å². The van der Waals surface area contributed by atoms with E-state index in [9.17, 15) is 9.59 Å². The van der Waals surface area contributed by atoms with E-state index in [1.54, 1.807) is 0 Å². The highest BCUT2D eigenvalue weighted by molar-refractivity contribution is 5.93. The van der Waals surface area contributed by atoms with Crippen LogP contribution in [0.3, 0.4) is 0 Å². The van der Waals surface area contributed by atoms with Gasteiger partial charge in [0.15, 0.2) is 0 Å². The molecule has 1 aliphatic rings. The zero-order valence-corrected chi connectivity index (χ0v) is 15.9. The van der Waals surface area contributed by atoms with Crippen LogP contribution in [0, 0.1) is 19.8 Å². The van der Waals surface area contributed by atoms with Gasteiger partial charge in [0.2, 0.25) is 11.8 Å². The number of carbonyl (C=O) groups excluding carboxylic acids is 2. The summed E-state index contributed by atoms with van der Waals surface area (Å²) in [5.41, 5.74) is 3.06. The molecule has 0 atom stereocenters. The summed E-state index contributed by atoms with van der Waals surface area (Å²) in [7, 11) is 0. The lowest BCUT2D eigenvalue weighted by Crippen LogP contribution is -2.38. The molecule has 0 spiro atoms. The number of aryl methyl sites for hydroxylation is 2. The normalized spacial score (nSPS) is 14.0. The van der Waals surface area contributed by atoms with Crippen LogP contribution in [0.2, 0.25) is 0 Å². The maximum Gasteiger partial charge on any atom is 0.238 e. The third-order valence-corrected chi connectivity index (χ3v) is 4.41. The molecular formula is C20H31N3O2. The van der Waals surface area contributed by atoms with Crippen LogP contribution in [0.15, 0.2) is 18.2 Å². The first kappa shape index (κ1) is 19.4. The molecule has 1 aliphatic carbocycles. The molecule has 2 N–H and O–H groups in total. The highest BCUT2D eigenvalue weighted by Crippen LogP contribution is 2.27. The number of rotatable bonds is 9. The molecule has 138 valence electrons. The van der Waals surface area contributed by atoms with E-state index in [0.717, 1.165) is 29.7 Å². The summed E-state index contributed by atoms with van der Waals surface area (Å²) in [5.74, 6) is 0.504. The van der Waals surface area contributed by atoms with Gasteiger partial charge >= 0.3 is 0 Å². The Labute approximate surface area is 151 Å². The van der Waals surface area contributed by atoms with E-state index in [0.29, 0.717) is 38.0 Å². The van der Waals surface area contributed by atoms with Crippen LogP contribution in [-0.4, -0.2) is 42.4 Å². The fourth-order valence-corrected chi connectivity index (χ4v) is 2.73. The van der Waals surface area contributed by atoms with Crippen LogP contribution in [0.4, 0.5) is 5.69 Å². The molecule has 0 heterocycles. The number of nitrogens with zero attached hydrogens (tertiary/aromatic N) is 1. The molecule has 5 heteroatoms. The largest absolute Gasteiger partial charge is 0.356 e. The first-order valence-electron chi connectivity index (χ1n) is 9.23. The van der Waals surface area contributed by atoms with E-state index in [1.807, 2.05) is 32.0 Å². The number of benzene rings is 1. The Hall–Kier alpha value is -1.88. The van der Waals surface area contributed by atoms with Crippen LogP contribution in [0.5, 0.6) is 0 Å². The summed E-state index contributed by atoms with van der Waals surface area (Å²) in [5, 5.41) is 5.95. The van der Waals surface area contributed by atoms with Gasteiger partial charge in [0, 0.05) is 31.2 Å². The Kier molecular flexibility index (Phi) is 7.00. The number of nitrogens with one attached hydrogen (secondary N) is 2. The summed E-state index contributed by atoms with van der Waals surface area (Å²) < 4.78 is 0. The molecule has 1 fully saturated rings. The Morgan fingerprint density at radius 1 is 1.20 bits per heavy atom. The molecule has 0 radical (unpaired) electrons. The fourth-order valence-electron chi connectivity index (χ4n) is 2.73. The second-order valence-electron chi connectivity index (χ2n) is 7.52. The highest BCUT2D eigenvalue weighted by Gasteiger charge is 2.30. The molecule has 1 aromatic rings. The zero-order chi connectivity index (χ0) is 18.4. The van der Waals surface area contributed by atoms with Crippen LogP contribution in [-0.2, 0) is 9.59 Å². The molecule has 0 unspecified atom stereocenters. The van der Waals surface area contributed by atoms with Crippen molar-refractivity contribution in [3.8, 4) is 0 Å². The summed E-state index contributed by atoms with van der Waals surface area (Å²) in [6, 6.07) is 6.50. The highest BCUT2D eigenvalue weighted by atomic mass is 16.2. The van der Waals surface area contributed by atoms with Gasteiger partial charge in [-0.3, -0.25) is 14.5 Å². The van der Waals surface area contributed by atoms with Crippen LogP contribution >= 0.6 is 0 Å². The lowest BCUT2D eigenvalue weighted by molar-refractivity contribution is -0.122. The van der Waals surface area contributed by atoms with E-state index in [1.165, 1.54) is 0 Å². The van der Waals surface area contributed by atoms with Gasteiger partial charge in [-0.05, 0) is 49.8 Å². The number of amides is 2. The van der Waals surface area contributed by atoms with Crippen molar-refractivity contribution in [1.82, 2.24) is 10.2 Å². The summed E-state index contributed by atoms with van der Waals surface area (Å²) >= 11 is 0. The lowest BCUT2D eigenvalue weighted by atomic mass is 10.1. The van der Waals surface area contributed by atoms with Crippen molar-refractivity contribution in [1.29, 1.82) is 0 Å². The molecule has 1 aromatic carbocycles. The molecule has 2 amide bonds. The molecule has 1 saturated carbocycles. The smallest absolute Gasteiger partial charge is 0.238 e. The van der Waals surface area contributed by atoms with Crippen molar-refractivity contribution < 1.29 is 9.59 Å². The van der Waals surface area contributed by atoms with Crippen molar-refractivity contribution >= 4 is 17.5 Å². The molecule has 0 bridgehead atoms. The molecular weight excluding hydrogens is 314 g/mol. The van der Waals surface area contributed by atoms with Gasteiger partial charge in [-0.2, -0.15) is 0 Å². The van der Waals surface area contributed by atoms with E-state index in [-0.39, 0.29) is 11.8 Å². The second-order valence-corrected chi connectivity index (χ2v) is 7.52. The molecule has 2 rings (SSSR count). The third kappa shape index (κ3) is 6.86. The minimum Gasteiger partial charge on any atom is -0.356 e. The van der Waals surface area contributed by atoms with Gasteiger partial charge in [-0.15, -0.1) is 0 Å². The fraction of sp³-hybridized carbons (Fsp3) is 0.600. The van der Waals surface area contributed by atoms with Gasteiger partial charge < -0.3 is 10.6 Å². The monoisotopic (exact) mass is 345 g/mol. The van der Waals surface area contributed by atoms with E-state index in [2.05, 4.69) is 29.4 Å². The first-order chi connectivity index (χ1) is 11.8. The van der Waals surface area contributed by atoms with Gasteiger partial charge in [0.05, 0.1) is 6.54 Å². The Morgan fingerprint density at radius 3 is 2.56 bits per heavy atom. The number of anilines is 1. The van der Waals surface area contributed by atoms with Crippen molar-refractivity contribution in [2.24, 2.45) is 5.92 Å². The number of hydrogen-bond acceptors (Lipinski definition) is 3. The van der Waals surface area contributed by atoms with E-state index < -0.39 is 0 Å². The maximum atomic E-state index is 12.4. The average Bonchev–Trinajstić information content (AvgIpc) is 3.37. The van der Waals surface area contributed by atoms with Gasteiger partial charge in [0.25, 0.3) is 0 Å². The standard InChI is InChI=1S/C20H31N3O2/c1-14(2)12-21-19(24)9-10-23(17-7-8-17)13-20(25)22-18-11-15(3)5-6-16(18)4/h5-6,11,14,17H,7-10,12-13H2,1-4H3,(H,21,24)(H,22,25). The average molecular weight is 345 g/mol. The second kappa shape index (κ2) is 8.99. The topological polar surface area (TPSA) is 61.4 Å². The van der Waals surface area contributed by atoms with Gasteiger partial charge in [0.1, 0.15) is 0 Å². The molecule has 0 saturated heterocycles. The number of carbonyl (C=O) groups is 2. The zero-order valence-electron chi connectivity index (χ0n) is 15.9. The van der Waals surface area contributed by atoms with Crippen molar-refractivity contribution in [3.05, 3.63) is 29.3 Å². The predicted molar refractivity (Wildman–Crippen MR) is 102 cm³/mol. The van der Waals surface area contributed by atoms with E-state index in [4.69, 9.17) is 0 Å². The lowest BCUT2D eigenvalue weighted by Gasteiger charge is -2.21. The van der Waals surface area contributed by atoms with Gasteiger partial charge in [-0.25, -0.2) is 0 Å². The van der Waals surface area contributed by atoms with Crippen LogP contribution < -0.4 is 10.6 Å². The Balaban J connectivity index is 1.83. The summed E-state index contributed by atoms with van der Waals surface area (Å²) in [4.78, 5) is 26.5.